The molecule has 1 saturated carbocycles. The number of carbonyl (C=O) groups excluding carboxylic acids is 3. The summed E-state index contributed by atoms with van der Waals surface area (Å²) in [6, 6.07) is 4.52. The number of nitrogens with zero attached hydrogens (tertiary/aromatic N) is 2. The van der Waals surface area contributed by atoms with Crippen LogP contribution in [0.25, 0.3) is 0 Å². The zero-order valence-electron chi connectivity index (χ0n) is 20.0. The van der Waals surface area contributed by atoms with Crippen molar-refractivity contribution in [2.45, 2.75) is 63.8 Å². The van der Waals surface area contributed by atoms with Crippen molar-refractivity contribution in [3.63, 3.8) is 0 Å². The van der Waals surface area contributed by atoms with Crippen LogP contribution in [-0.4, -0.2) is 34.2 Å². The molecule has 8 nitrogen and oxygen atoms in total. The van der Waals surface area contributed by atoms with Gasteiger partial charge in [-0.3, -0.25) is 14.4 Å². The molecule has 1 saturated heterocycles. The summed E-state index contributed by atoms with van der Waals surface area (Å²) >= 11 is 0. The number of rotatable bonds is 3. The lowest BCUT2D eigenvalue weighted by molar-refractivity contribution is -0.146. The van der Waals surface area contributed by atoms with Crippen molar-refractivity contribution in [3.05, 3.63) is 46.9 Å². The molecule has 184 valence electrons. The first-order valence-corrected chi connectivity index (χ1v) is 12.2. The summed E-state index contributed by atoms with van der Waals surface area (Å²) in [4.78, 5) is 44.5. The second kappa shape index (κ2) is 8.62. The van der Waals surface area contributed by atoms with Crippen LogP contribution < -0.4 is 16.4 Å². The maximum atomic E-state index is 15.1. The van der Waals surface area contributed by atoms with E-state index in [1.165, 1.54) is 17.2 Å². The van der Waals surface area contributed by atoms with Crippen LogP contribution in [0.3, 0.4) is 0 Å². The Morgan fingerprint density at radius 3 is 2.74 bits per heavy atom. The summed E-state index contributed by atoms with van der Waals surface area (Å²) in [5.74, 6) is -1.50. The van der Waals surface area contributed by atoms with Gasteiger partial charge >= 0.3 is 11.8 Å². The number of hydrogen-bond acceptors (Lipinski definition) is 5. The predicted octanol–water partition coefficient (Wildman–Crippen LogP) is 3.68. The van der Waals surface area contributed by atoms with E-state index >= 15 is 4.39 Å². The van der Waals surface area contributed by atoms with Crippen LogP contribution in [-0.2, 0) is 26.2 Å². The fraction of sp³-hybridized carbons (Fsp3) is 0.462. The van der Waals surface area contributed by atoms with Gasteiger partial charge in [0.1, 0.15) is 11.6 Å². The fourth-order valence-corrected chi connectivity index (χ4v) is 5.62. The van der Waals surface area contributed by atoms with Crippen LogP contribution in [0.5, 0.6) is 0 Å². The number of amides is 3. The maximum absolute atomic E-state index is 15.1. The third kappa shape index (κ3) is 3.83. The van der Waals surface area contributed by atoms with Gasteiger partial charge in [-0.1, -0.05) is 26.3 Å². The first-order valence-electron chi connectivity index (χ1n) is 12.2. The Bertz CT molecular complexity index is 1230. The van der Waals surface area contributed by atoms with Gasteiger partial charge in [-0.15, -0.1) is 0 Å². The number of nitrogens with two attached hydrogens (primary N) is 1. The third-order valence-corrected chi connectivity index (χ3v) is 7.81. The molecule has 3 amide bonds. The van der Waals surface area contributed by atoms with Crippen molar-refractivity contribution in [1.82, 2.24) is 9.88 Å². The molecule has 9 heteroatoms. The third-order valence-electron chi connectivity index (χ3n) is 7.81. The van der Waals surface area contributed by atoms with Gasteiger partial charge in [0.15, 0.2) is 0 Å². The van der Waals surface area contributed by atoms with E-state index in [1.54, 1.807) is 6.07 Å². The molecule has 1 unspecified atom stereocenters. The second-order valence-corrected chi connectivity index (χ2v) is 10.0. The number of benzene rings is 1. The molecule has 3 aliphatic rings. The first-order chi connectivity index (χ1) is 16.7. The van der Waals surface area contributed by atoms with Crippen LogP contribution >= 0.6 is 0 Å². The van der Waals surface area contributed by atoms with E-state index in [1.807, 2.05) is 19.9 Å². The average molecular weight is 480 g/mol. The van der Waals surface area contributed by atoms with Crippen molar-refractivity contribution in [1.29, 1.82) is 0 Å². The molecular weight excluding hydrogens is 449 g/mol. The van der Waals surface area contributed by atoms with Gasteiger partial charge in [0.2, 0.25) is 5.91 Å². The predicted molar refractivity (Wildman–Crippen MR) is 130 cm³/mol. The molecule has 5 rings (SSSR count). The number of halogens is 1. The highest BCUT2D eigenvalue weighted by molar-refractivity contribution is 6.39. The lowest BCUT2D eigenvalue weighted by Gasteiger charge is -2.40. The van der Waals surface area contributed by atoms with Crippen molar-refractivity contribution in [2.24, 2.45) is 5.92 Å². The van der Waals surface area contributed by atoms with Gasteiger partial charge in [-0.2, -0.15) is 0 Å². The minimum absolute atomic E-state index is 0.150. The number of hydrogen-bond donors (Lipinski definition) is 3. The molecule has 2 aromatic rings. The zero-order chi connectivity index (χ0) is 24.9. The van der Waals surface area contributed by atoms with Crippen molar-refractivity contribution < 1.29 is 18.8 Å². The zero-order valence-corrected chi connectivity index (χ0v) is 20.0. The molecule has 35 heavy (non-hydrogen) atoms. The molecular formula is C26H30FN5O3. The van der Waals surface area contributed by atoms with Crippen molar-refractivity contribution in [3.8, 4) is 0 Å². The number of aryl methyl sites for hydroxylation is 1. The van der Waals surface area contributed by atoms with Gasteiger partial charge in [0.05, 0.1) is 29.0 Å². The largest absolute Gasteiger partial charge is 0.383 e. The Kier molecular flexibility index (Phi) is 5.73. The van der Waals surface area contributed by atoms with Crippen LogP contribution in [0, 0.1) is 11.7 Å². The molecule has 0 radical (unpaired) electrons. The summed E-state index contributed by atoms with van der Waals surface area (Å²) in [5, 5.41) is 5.36. The fourth-order valence-electron chi connectivity index (χ4n) is 5.62. The monoisotopic (exact) mass is 479 g/mol. The highest BCUT2D eigenvalue weighted by atomic mass is 19.1. The van der Waals surface area contributed by atoms with Gasteiger partial charge in [0, 0.05) is 6.54 Å². The molecule has 1 aliphatic carbocycles. The van der Waals surface area contributed by atoms with Crippen molar-refractivity contribution >= 4 is 34.9 Å². The highest BCUT2D eigenvalue weighted by Gasteiger charge is 2.52. The Morgan fingerprint density at radius 2 is 2.06 bits per heavy atom. The van der Waals surface area contributed by atoms with E-state index in [2.05, 4.69) is 15.6 Å². The van der Waals surface area contributed by atoms with Crippen LogP contribution in [0.4, 0.5) is 21.6 Å². The molecule has 2 aliphatic heterocycles. The minimum atomic E-state index is -0.772. The Balaban J connectivity index is 1.43. The maximum Gasteiger partial charge on any atom is 0.313 e. The number of fused-ring (bicyclic) bond motifs is 2. The summed E-state index contributed by atoms with van der Waals surface area (Å²) in [6.45, 7) is 4.34. The van der Waals surface area contributed by atoms with Crippen LogP contribution in [0.1, 0.15) is 68.7 Å². The number of anilines is 3. The smallest absolute Gasteiger partial charge is 0.313 e. The van der Waals surface area contributed by atoms with Crippen molar-refractivity contribution in [2.75, 3.05) is 22.9 Å². The SMILES string of the molecule is CCc1cc(NC(=O)C(=O)N2C[C@@H](C)CCC2c2cc(F)c3c(c2)C2(CCC2)C(=O)N3)cnc1N. The van der Waals surface area contributed by atoms with Gasteiger partial charge in [0.25, 0.3) is 0 Å². The molecule has 3 heterocycles. The standard InChI is InChI=1S/C26H30FN5O3/c1-3-15-9-17(12-29-22(15)28)30-23(33)24(34)32-13-14(2)5-6-20(32)16-10-18-21(19(27)11-16)31-25(35)26(18)7-4-8-26/h9-12,14,20H,3-8,13H2,1-2H3,(H2,28,29)(H,30,33)(H,31,35)/t14-,20?/m0/s1. The Morgan fingerprint density at radius 1 is 1.29 bits per heavy atom. The summed E-state index contributed by atoms with van der Waals surface area (Å²) in [7, 11) is 0. The number of likely N-dealkylation sites (tertiary alicyclic amines) is 1. The Hall–Kier alpha value is -3.49. The lowest BCUT2D eigenvalue weighted by Crippen LogP contribution is -2.46. The topological polar surface area (TPSA) is 117 Å². The van der Waals surface area contributed by atoms with E-state index < -0.39 is 29.1 Å². The molecule has 1 aromatic heterocycles. The first kappa shape index (κ1) is 23.3. The Labute approximate surface area is 203 Å². The lowest BCUT2D eigenvalue weighted by atomic mass is 9.65. The number of nitrogen functional groups attached to an aromatic ring is 1. The summed E-state index contributed by atoms with van der Waals surface area (Å²) < 4.78 is 15.1. The number of aromatic nitrogens is 1. The van der Waals surface area contributed by atoms with E-state index in [-0.39, 0.29) is 17.5 Å². The van der Waals surface area contributed by atoms with Crippen LogP contribution in [0.15, 0.2) is 24.4 Å². The highest BCUT2D eigenvalue weighted by Crippen LogP contribution is 2.52. The molecule has 2 fully saturated rings. The van der Waals surface area contributed by atoms with E-state index in [9.17, 15) is 14.4 Å². The average Bonchev–Trinajstić information content (AvgIpc) is 3.12. The minimum Gasteiger partial charge on any atom is -0.383 e. The van der Waals surface area contributed by atoms with E-state index in [0.29, 0.717) is 54.9 Å². The molecule has 4 N–H and O–H groups in total. The van der Waals surface area contributed by atoms with E-state index in [4.69, 9.17) is 5.73 Å². The number of nitrogens with one attached hydrogen (secondary N) is 2. The quantitative estimate of drug-likeness (QED) is 0.581. The molecule has 2 atom stereocenters. The van der Waals surface area contributed by atoms with E-state index in [0.717, 1.165) is 18.4 Å². The van der Waals surface area contributed by atoms with Gasteiger partial charge in [-0.25, -0.2) is 9.37 Å². The van der Waals surface area contributed by atoms with Gasteiger partial charge in [-0.05, 0) is 66.8 Å². The second-order valence-electron chi connectivity index (χ2n) is 10.0. The summed E-state index contributed by atoms with van der Waals surface area (Å²) in [6.07, 6.45) is 5.83. The number of carbonyl (C=O) groups is 3. The van der Waals surface area contributed by atoms with Gasteiger partial charge < -0.3 is 21.3 Å². The molecule has 1 spiro atoms. The summed E-state index contributed by atoms with van der Waals surface area (Å²) in [5.41, 5.74) is 7.91. The number of piperidine rings is 1. The molecule has 1 aromatic carbocycles. The van der Waals surface area contributed by atoms with Crippen LogP contribution in [0.2, 0.25) is 0 Å². The number of pyridine rings is 1. The molecule has 0 bridgehead atoms. The normalized spacial score (nSPS) is 22.4.